The number of hydrogen-bond donors (Lipinski definition) is 2. The van der Waals surface area contributed by atoms with E-state index in [0.29, 0.717) is 28.7 Å². The number of rotatable bonds is 4. The zero-order valence-corrected chi connectivity index (χ0v) is 12.6. The molecule has 2 N–H and O–H groups in total. The van der Waals surface area contributed by atoms with Gasteiger partial charge in [0, 0.05) is 24.5 Å². The summed E-state index contributed by atoms with van der Waals surface area (Å²) < 4.78 is 0. The lowest BCUT2D eigenvalue weighted by molar-refractivity contribution is 0.0947. The molecular weight excluding hydrogens is 290 g/mol. The molecule has 0 spiro atoms. The van der Waals surface area contributed by atoms with Crippen LogP contribution in [-0.2, 0) is 0 Å². The van der Waals surface area contributed by atoms with E-state index in [1.807, 2.05) is 13.8 Å². The summed E-state index contributed by atoms with van der Waals surface area (Å²) in [6, 6.07) is 4.78. The van der Waals surface area contributed by atoms with E-state index in [1.54, 1.807) is 24.5 Å². The fourth-order valence-corrected chi connectivity index (χ4v) is 1.98. The molecule has 0 aromatic carbocycles. The van der Waals surface area contributed by atoms with E-state index in [2.05, 4.69) is 15.3 Å². The van der Waals surface area contributed by atoms with Crippen molar-refractivity contribution in [1.82, 2.24) is 15.3 Å². The van der Waals surface area contributed by atoms with Gasteiger partial charge in [-0.05, 0) is 24.1 Å². The molecule has 0 atom stereocenters. The molecule has 2 heterocycles. The van der Waals surface area contributed by atoms with Gasteiger partial charge in [-0.2, -0.15) is 0 Å². The zero-order valence-electron chi connectivity index (χ0n) is 11.8. The van der Waals surface area contributed by atoms with Gasteiger partial charge in [0.1, 0.15) is 5.56 Å². The number of H-pyrrole nitrogens is 1. The number of pyridine rings is 2. The van der Waals surface area contributed by atoms with Gasteiger partial charge >= 0.3 is 0 Å². The van der Waals surface area contributed by atoms with Gasteiger partial charge in [-0.3, -0.25) is 14.6 Å². The number of amides is 1. The molecule has 0 unspecified atom stereocenters. The van der Waals surface area contributed by atoms with E-state index in [4.69, 9.17) is 11.6 Å². The minimum Gasteiger partial charge on any atom is -0.352 e. The quantitative estimate of drug-likeness (QED) is 0.911. The first-order valence-electron chi connectivity index (χ1n) is 6.60. The third-order valence-electron chi connectivity index (χ3n) is 2.88. The number of nitrogens with one attached hydrogen (secondary N) is 2. The SMILES string of the molecule is CC(C)CNC(=O)c1ccc(-c2cnccc2Cl)[nH]c1=O. The average Bonchev–Trinajstić information content (AvgIpc) is 2.45. The molecule has 6 heteroatoms. The third-order valence-corrected chi connectivity index (χ3v) is 3.21. The van der Waals surface area contributed by atoms with Crippen molar-refractivity contribution in [3.63, 3.8) is 0 Å². The van der Waals surface area contributed by atoms with Gasteiger partial charge in [0.25, 0.3) is 11.5 Å². The number of carbonyl (C=O) groups excluding carboxylic acids is 1. The van der Waals surface area contributed by atoms with Gasteiger partial charge in [-0.1, -0.05) is 25.4 Å². The molecule has 2 aromatic rings. The highest BCUT2D eigenvalue weighted by Gasteiger charge is 2.12. The lowest BCUT2D eigenvalue weighted by Crippen LogP contribution is -2.32. The number of halogens is 1. The van der Waals surface area contributed by atoms with Crippen molar-refractivity contribution in [1.29, 1.82) is 0 Å². The molecule has 1 amide bonds. The summed E-state index contributed by atoms with van der Waals surface area (Å²) in [7, 11) is 0. The fraction of sp³-hybridized carbons (Fsp3) is 0.267. The minimum atomic E-state index is -0.450. The summed E-state index contributed by atoms with van der Waals surface area (Å²) in [4.78, 5) is 30.6. The topological polar surface area (TPSA) is 74.8 Å². The molecular formula is C15H16ClN3O2. The highest BCUT2D eigenvalue weighted by atomic mass is 35.5. The van der Waals surface area contributed by atoms with Crippen LogP contribution in [0.2, 0.25) is 5.02 Å². The van der Waals surface area contributed by atoms with Crippen LogP contribution in [0.1, 0.15) is 24.2 Å². The summed E-state index contributed by atoms with van der Waals surface area (Å²) >= 11 is 6.06. The summed E-state index contributed by atoms with van der Waals surface area (Å²) in [5.41, 5.74) is 0.775. The summed E-state index contributed by atoms with van der Waals surface area (Å²) in [6.07, 6.45) is 3.13. The molecule has 0 aliphatic rings. The number of nitrogens with zero attached hydrogens (tertiary/aromatic N) is 1. The Morgan fingerprint density at radius 1 is 1.38 bits per heavy atom. The molecule has 0 bridgehead atoms. The van der Waals surface area contributed by atoms with Gasteiger partial charge in [0.15, 0.2) is 0 Å². The monoisotopic (exact) mass is 305 g/mol. The molecule has 0 fully saturated rings. The number of aromatic amines is 1. The molecule has 0 saturated carbocycles. The third kappa shape index (κ3) is 3.70. The second kappa shape index (κ2) is 6.54. The first kappa shape index (κ1) is 15.3. The van der Waals surface area contributed by atoms with E-state index < -0.39 is 5.56 Å². The molecule has 0 saturated heterocycles. The summed E-state index contributed by atoms with van der Waals surface area (Å²) in [5, 5.41) is 3.20. The minimum absolute atomic E-state index is 0.0828. The molecule has 0 aliphatic carbocycles. The van der Waals surface area contributed by atoms with E-state index in [9.17, 15) is 9.59 Å². The normalized spacial score (nSPS) is 10.7. The maximum Gasteiger partial charge on any atom is 0.261 e. The van der Waals surface area contributed by atoms with Crippen LogP contribution in [0, 0.1) is 5.92 Å². The Morgan fingerprint density at radius 3 is 2.76 bits per heavy atom. The van der Waals surface area contributed by atoms with Crippen LogP contribution < -0.4 is 10.9 Å². The molecule has 0 aliphatic heterocycles. The number of aromatic nitrogens is 2. The lowest BCUT2D eigenvalue weighted by atomic mass is 10.1. The van der Waals surface area contributed by atoms with Crippen molar-refractivity contribution in [2.75, 3.05) is 6.54 Å². The predicted molar refractivity (Wildman–Crippen MR) is 82.5 cm³/mol. The molecule has 5 nitrogen and oxygen atoms in total. The van der Waals surface area contributed by atoms with Crippen LogP contribution in [-0.4, -0.2) is 22.4 Å². The van der Waals surface area contributed by atoms with E-state index in [1.165, 1.54) is 6.07 Å². The van der Waals surface area contributed by atoms with Crippen LogP contribution in [0.25, 0.3) is 11.3 Å². The van der Waals surface area contributed by atoms with Crippen molar-refractivity contribution < 1.29 is 4.79 Å². The Balaban J connectivity index is 2.28. The number of hydrogen-bond acceptors (Lipinski definition) is 3. The zero-order chi connectivity index (χ0) is 15.4. The summed E-state index contributed by atoms with van der Waals surface area (Å²) in [5.74, 6) is -0.0599. The Bertz CT molecular complexity index is 710. The van der Waals surface area contributed by atoms with Crippen LogP contribution in [0.15, 0.2) is 35.4 Å². The highest BCUT2D eigenvalue weighted by molar-refractivity contribution is 6.33. The van der Waals surface area contributed by atoms with Gasteiger partial charge in [0.2, 0.25) is 0 Å². The molecule has 0 radical (unpaired) electrons. The average molecular weight is 306 g/mol. The smallest absolute Gasteiger partial charge is 0.261 e. The fourth-order valence-electron chi connectivity index (χ4n) is 1.78. The Kier molecular flexibility index (Phi) is 4.75. The second-order valence-electron chi connectivity index (χ2n) is 5.07. The maximum atomic E-state index is 12.0. The Labute approximate surface area is 127 Å². The first-order valence-corrected chi connectivity index (χ1v) is 6.98. The molecule has 21 heavy (non-hydrogen) atoms. The van der Waals surface area contributed by atoms with Crippen LogP contribution in [0.5, 0.6) is 0 Å². The molecule has 2 rings (SSSR count). The second-order valence-corrected chi connectivity index (χ2v) is 5.48. The Morgan fingerprint density at radius 2 is 2.14 bits per heavy atom. The molecule has 2 aromatic heterocycles. The van der Waals surface area contributed by atoms with Crippen LogP contribution in [0.4, 0.5) is 0 Å². The van der Waals surface area contributed by atoms with Crippen molar-refractivity contribution in [2.24, 2.45) is 5.92 Å². The van der Waals surface area contributed by atoms with Crippen molar-refractivity contribution in [3.05, 3.63) is 51.5 Å². The standard InChI is InChI=1S/C15H16ClN3O2/c1-9(2)7-18-14(20)10-3-4-13(19-15(10)21)11-8-17-6-5-12(11)16/h3-6,8-9H,7H2,1-2H3,(H,18,20)(H,19,21). The van der Waals surface area contributed by atoms with Gasteiger partial charge in [0.05, 0.1) is 10.7 Å². The van der Waals surface area contributed by atoms with Crippen LogP contribution in [0.3, 0.4) is 0 Å². The van der Waals surface area contributed by atoms with Crippen molar-refractivity contribution >= 4 is 17.5 Å². The van der Waals surface area contributed by atoms with Gasteiger partial charge < -0.3 is 10.3 Å². The molecule has 110 valence electrons. The van der Waals surface area contributed by atoms with Crippen molar-refractivity contribution in [2.45, 2.75) is 13.8 Å². The largest absolute Gasteiger partial charge is 0.352 e. The van der Waals surface area contributed by atoms with Gasteiger partial charge in [-0.25, -0.2) is 0 Å². The van der Waals surface area contributed by atoms with E-state index >= 15 is 0 Å². The Hall–Kier alpha value is -2.14. The van der Waals surface area contributed by atoms with Crippen LogP contribution >= 0.6 is 11.6 Å². The number of carbonyl (C=O) groups is 1. The summed E-state index contributed by atoms with van der Waals surface area (Å²) in [6.45, 7) is 4.49. The van der Waals surface area contributed by atoms with Gasteiger partial charge in [-0.15, -0.1) is 0 Å². The maximum absolute atomic E-state index is 12.0. The highest BCUT2D eigenvalue weighted by Crippen LogP contribution is 2.23. The van der Waals surface area contributed by atoms with Crippen molar-refractivity contribution in [3.8, 4) is 11.3 Å². The lowest BCUT2D eigenvalue weighted by Gasteiger charge is -2.08. The predicted octanol–water partition coefficient (Wildman–Crippen LogP) is 2.48. The first-order chi connectivity index (χ1) is 9.99. The van der Waals surface area contributed by atoms with E-state index in [0.717, 1.165) is 0 Å². The van der Waals surface area contributed by atoms with E-state index in [-0.39, 0.29) is 11.5 Å².